The fourth-order valence-corrected chi connectivity index (χ4v) is 4.12. The van der Waals surface area contributed by atoms with Gasteiger partial charge in [0.15, 0.2) is 0 Å². The molecule has 1 aliphatic heterocycles. The van der Waals surface area contributed by atoms with Crippen LogP contribution in [0.3, 0.4) is 0 Å². The molecule has 1 fully saturated rings. The van der Waals surface area contributed by atoms with Gasteiger partial charge in [0, 0.05) is 13.6 Å². The normalized spacial score (nSPS) is 20.4. The number of carbonyl (C=O) groups is 1. The smallest absolute Gasteiger partial charge is 0.322 e. The van der Waals surface area contributed by atoms with Crippen LogP contribution in [0, 0.1) is 13.8 Å². The van der Waals surface area contributed by atoms with Crippen molar-refractivity contribution in [2.45, 2.75) is 39.2 Å². The number of aromatic nitrogens is 2. The molecule has 0 aromatic carbocycles. The van der Waals surface area contributed by atoms with Gasteiger partial charge in [0.2, 0.25) is 0 Å². The number of hydrogen-bond donors (Lipinski definition) is 2. The topological polar surface area (TPSA) is 105 Å². The van der Waals surface area contributed by atoms with Crippen molar-refractivity contribution in [1.82, 2.24) is 14.1 Å². The number of carboxylic acid groups (broad SMARTS) is 1. The van der Waals surface area contributed by atoms with Crippen molar-refractivity contribution in [3.63, 3.8) is 0 Å². The summed E-state index contributed by atoms with van der Waals surface area (Å²) >= 11 is 0. The van der Waals surface area contributed by atoms with Gasteiger partial charge in [-0.1, -0.05) is 0 Å². The minimum Gasteiger partial charge on any atom is -0.480 e. The van der Waals surface area contributed by atoms with Gasteiger partial charge in [-0.3, -0.25) is 14.2 Å². The molecule has 9 heteroatoms. The molecule has 2 rings (SSSR count). The van der Waals surface area contributed by atoms with Gasteiger partial charge in [-0.2, -0.15) is 17.8 Å². The van der Waals surface area contributed by atoms with E-state index >= 15 is 0 Å². The molecule has 0 bridgehead atoms. The van der Waals surface area contributed by atoms with Gasteiger partial charge in [0.1, 0.15) is 6.04 Å². The van der Waals surface area contributed by atoms with Gasteiger partial charge in [-0.05, 0) is 33.1 Å². The lowest BCUT2D eigenvalue weighted by atomic mass is 10.1. The summed E-state index contributed by atoms with van der Waals surface area (Å²) < 4.78 is 30.1. The van der Waals surface area contributed by atoms with E-state index < -0.39 is 22.2 Å². The molecular weight excluding hydrogens is 296 g/mol. The summed E-state index contributed by atoms with van der Waals surface area (Å²) in [6.07, 6.45) is 1.71. The lowest BCUT2D eigenvalue weighted by Gasteiger charge is -2.31. The number of nitrogens with zero attached hydrogens (tertiary/aromatic N) is 3. The maximum absolute atomic E-state index is 12.5. The highest BCUT2D eigenvalue weighted by Crippen LogP contribution is 2.25. The highest BCUT2D eigenvalue weighted by Gasteiger charge is 2.37. The zero-order valence-electron chi connectivity index (χ0n) is 12.3. The minimum atomic E-state index is -3.91. The molecule has 2 N–H and O–H groups in total. The van der Waals surface area contributed by atoms with Crippen molar-refractivity contribution in [2.75, 3.05) is 11.3 Å². The molecule has 2 heterocycles. The number of carboxylic acids is 1. The predicted molar refractivity (Wildman–Crippen MR) is 77.2 cm³/mol. The van der Waals surface area contributed by atoms with Crippen molar-refractivity contribution < 1.29 is 18.3 Å². The second kappa shape index (κ2) is 5.64. The maximum atomic E-state index is 12.5. The number of anilines is 1. The molecule has 8 nitrogen and oxygen atoms in total. The van der Waals surface area contributed by atoms with Crippen LogP contribution >= 0.6 is 0 Å². The molecule has 21 heavy (non-hydrogen) atoms. The first-order valence-electron chi connectivity index (χ1n) is 6.76. The van der Waals surface area contributed by atoms with E-state index in [-0.39, 0.29) is 6.54 Å². The Labute approximate surface area is 123 Å². The molecule has 1 aliphatic rings. The summed E-state index contributed by atoms with van der Waals surface area (Å²) in [5.74, 6) is -1.11. The van der Waals surface area contributed by atoms with Gasteiger partial charge in [0.25, 0.3) is 0 Å². The fourth-order valence-electron chi connectivity index (χ4n) is 2.55. The predicted octanol–water partition coefficient (Wildman–Crippen LogP) is 0.633. The highest BCUT2D eigenvalue weighted by atomic mass is 32.2. The van der Waals surface area contributed by atoms with Crippen molar-refractivity contribution in [2.24, 2.45) is 7.05 Å². The molecule has 118 valence electrons. The first kappa shape index (κ1) is 15.8. The third-order valence-electron chi connectivity index (χ3n) is 3.79. The van der Waals surface area contributed by atoms with Crippen LogP contribution in [0.1, 0.15) is 30.7 Å². The molecular formula is C12H20N4O4S. The van der Waals surface area contributed by atoms with Gasteiger partial charge >= 0.3 is 16.2 Å². The highest BCUT2D eigenvalue weighted by molar-refractivity contribution is 7.90. The average molecular weight is 316 g/mol. The van der Waals surface area contributed by atoms with Crippen LogP contribution in [0.15, 0.2) is 0 Å². The monoisotopic (exact) mass is 316 g/mol. The van der Waals surface area contributed by atoms with Crippen LogP contribution in [0.5, 0.6) is 0 Å². The quantitative estimate of drug-likeness (QED) is 0.848. The summed E-state index contributed by atoms with van der Waals surface area (Å²) in [6.45, 7) is 3.67. The van der Waals surface area contributed by atoms with E-state index in [9.17, 15) is 18.3 Å². The summed E-state index contributed by atoms with van der Waals surface area (Å²) in [5.41, 5.74) is 1.65. The summed E-state index contributed by atoms with van der Waals surface area (Å²) in [6, 6.07) is -1.01. The molecule has 1 atom stereocenters. The number of aliphatic carboxylic acids is 1. The standard InChI is InChI=1S/C12H20N4O4S/c1-8-11(9(2)15(3)13-8)14-21(19,20)16-7-5-4-6-10(16)12(17)18/h10,14H,4-7H2,1-3H3,(H,17,18). The van der Waals surface area contributed by atoms with Gasteiger partial charge in [-0.15, -0.1) is 0 Å². The van der Waals surface area contributed by atoms with Gasteiger partial charge < -0.3 is 5.11 Å². The lowest BCUT2D eigenvalue weighted by molar-refractivity contribution is -0.142. The number of rotatable bonds is 4. The Hall–Kier alpha value is -1.61. The summed E-state index contributed by atoms with van der Waals surface area (Å²) in [4.78, 5) is 11.3. The van der Waals surface area contributed by atoms with E-state index in [4.69, 9.17) is 0 Å². The zero-order chi connectivity index (χ0) is 15.8. The number of nitrogens with one attached hydrogen (secondary N) is 1. The van der Waals surface area contributed by atoms with E-state index in [0.29, 0.717) is 36.3 Å². The molecule has 1 aromatic heterocycles. The fraction of sp³-hybridized carbons (Fsp3) is 0.667. The Bertz CT molecular complexity index is 652. The van der Waals surface area contributed by atoms with Gasteiger partial charge in [-0.25, -0.2) is 0 Å². The molecule has 0 saturated carbocycles. The van der Waals surface area contributed by atoms with Crippen LogP contribution < -0.4 is 4.72 Å². The first-order valence-corrected chi connectivity index (χ1v) is 8.20. The Morgan fingerprint density at radius 2 is 2.05 bits per heavy atom. The molecule has 1 saturated heterocycles. The number of hydrogen-bond acceptors (Lipinski definition) is 4. The Kier molecular flexibility index (Phi) is 4.24. The SMILES string of the molecule is Cc1nn(C)c(C)c1NS(=O)(=O)N1CCCCC1C(=O)O. The second-order valence-electron chi connectivity index (χ2n) is 5.24. The Morgan fingerprint density at radius 1 is 1.38 bits per heavy atom. The largest absolute Gasteiger partial charge is 0.480 e. The summed E-state index contributed by atoms with van der Waals surface area (Å²) in [5, 5.41) is 13.3. The van der Waals surface area contributed by atoms with Crippen molar-refractivity contribution in [1.29, 1.82) is 0 Å². The van der Waals surface area contributed by atoms with E-state index in [0.717, 1.165) is 4.31 Å². The van der Waals surface area contributed by atoms with Crippen LogP contribution in [0.2, 0.25) is 0 Å². The zero-order valence-corrected chi connectivity index (χ0v) is 13.1. The lowest BCUT2D eigenvalue weighted by Crippen LogP contribution is -2.50. The van der Waals surface area contributed by atoms with Crippen LogP contribution in [0.4, 0.5) is 5.69 Å². The summed E-state index contributed by atoms with van der Waals surface area (Å²) in [7, 11) is -2.19. The molecule has 1 aromatic rings. The first-order chi connectivity index (χ1) is 9.74. The number of piperidine rings is 1. The molecule has 0 radical (unpaired) electrons. The Balaban J connectivity index is 2.30. The second-order valence-corrected chi connectivity index (χ2v) is 6.86. The van der Waals surface area contributed by atoms with Crippen LogP contribution in [-0.4, -0.2) is 46.2 Å². The van der Waals surface area contributed by atoms with Crippen LogP contribution in [-0.2, 0) is 22.1 Å². The maximum Gasteiger partial charge on any atom is 0.322 e. The van der Waals surface area contributed by atoms with E-state index in [2.05, 4.69) is 9.82 Å². The molecule has 0 aliphatic carbocycles. The third-order valence-corrected chi connectivity index (χ3v) is 5.30. The molecule has 0 spiro atoms. The van der Waals surface area contributed by atoms with Gasteiger partial charge in [0.05, 0.1) is 17.1 Å². The third kappa shape index (κ3) is 3.03. The van der Waals surface area contributed by atoms with E-state index in [1.807, 2.05) is 0 Å². The van der Waals surface area contributed by atoms with Crippen molar-refractivity contribution in [3.05, 3.63) is 11.4 Å². The number of aryl methyl sites for hydroxylation is 2. The Morgan fingerprint density at radius 3 is 2.57 bits per heavy atom. The van der Waals surface area contributed by atoms with Crippen molar-refractivity contribution in [3.8, 4) is 0 Å². The molecule has 0 amide bonds. The minimum absolute atomic E-state index is 0.213. The van der Waals surface area contributed by atoms with E-state index in [1.165, 1.54) is 0 Å². The van der Waals surface area contributed by atoms with E-state index in [1.54, 1.807) is 25.6 Å². The van der Waals surface area contributed by atoms with Crippen molar-refractivity contribution >= 4 is 21.9 Å². The molecule has 1 unspecified atom stereocenters. The van der Waals surface area contributed by atoms with Crippen LogP contribution in [0.25, 0.3) is 0 Å². The average Bonchev–Trinajstić information content (AvgIpc) is 2.65.